The van der Waals surface area contributed by atoms with Crippen LogP contribution in [-0.4, -0.2) is 43.9 Å². The number of piperidine rings is 1. The van der Waals surface area contributed by atoms with E-state index in [9.17, 15) is 23.6 Å². The maximum absolute atomic E-state index is 11.6. The van der Waals surface area contributed by atoms with E-state index in [2.05, 4.69) is 0 Å². The summed E-state index contributed by atoms with van der Waals surface area (Å²) in [4.78, 5) is 12.1. The van der Waals surface area contributed by atoms with Gasteiger partial charge in [0.15, 0.2) is 9.84 Å². The fourth-order valence-corrected chi connectivity index (χ4v) is 2.86. The third kappa shape index (κ3) is 3.26. The highest BCUT2D eigenvalue weighted by atomic mass is 32.2. The van der Waals surface area contributed by atoms with Crippen LogP contribution in [0, 0.1) is 10.1 Å². The van der Waals surface area contributed by atoms with Crippen LogP contribution in [0.5, 0.6) is 0 Å². The molecule has 1 N–H and O–H groups in total. The first-order chi connectivity index (χ1) is 9.27. The van der Waals surface area contributed by atoms with Gasteiger partial charge in [0, 0.05) is 37.2 Å². The number of non-ortho nitro benzene ring substituents is 1. The zero-order valence-corrected chi connectivity index (χ0v) is 11.8. The number of hydrogen-bond acceptors (Lipinski definition) is 6. The predicted octanol–water partition coefficient (Wildman–Crippen LogP) is 0.959. The lowest BCUT2D eigenvalue weighted by Gasteiger charge is -2.31. The van der Waals surface area contributed by atoms with Crippen molar-refractivity contribution >= 4 is 21.2 Å². The Kier molecular flexibility index (Phi) is 3.96. The van der Waals surface area contributed by atoms with Crippen molar-refractivity contribution in [2.45, 2.75) is 23.8 Å². The maximum Gasteiger partial charge on any atom is 0.272 e. The maximum atomic E-state index is 11.6. The Labute approximate surface area is 116 Å². The zero-order valence-electron chi connectivity index (χ0n) is 11.0. The Morgan fingerprint density at radius 2 is 1.90 bits per heavy atom. The molecular weight excluding hydrogens is 284 g/mol. The van der Waals surface area contributed by atoms with Gasteiger partial charge in [-0.1, -0.05) is 0 Å². The minimum Gasteiger partial charge on any atom is -0.393 e. The molecule has 7 nitrogen and oxygen atoms in total. The Hall–Kier alpha value is -1.67. The lowest BCUT2D eigenvalue weighted by molar-refractivity contribution is -0.385. The van der Waals surface area contributed by atoms with Gasteiger partial charge in [-0.25, -0.2) is 8.42 Å². The topological polar surface area (TPSA) is 101 Å². The molecule has 8 heteroatoms. The van der Waals surface area contributed by atoms with Crippen molar-refractivity contribution in [2.24, 2.45) is 0 Å². The first-order valence-electron chi connectivity index (χ1n) is 6.20. The van der Waals surface area contributed by atoms with Gasteiger partial charge in [0.2, 0.25) is 0 Å². The van der Waals surface area contributed by atoms with Crippen molar-refractivity contribution in [1.29, 1.82) is 0 Å². The molecule has 0 atom stereocenters. The van der Waals surface area contributed by atoms with Crippen LogP contribution in [-0.2, 0) is 9.84 Å². The minimum atomic E-state index is -3.51. The van der Waals surface area contributed by atoms with Crippen LogP contribution in [0.2, 0.25) is 0 Å². The van der Waals surface area contributed by atoms with Gasteiger partial charge in [0.25, 0.3) is 5.69 Å². The Morgan fingerprint density at radius 3 is 2.40 bits per heavy atom. The normalized spacial score (nSPS) is 17.2. The summed E-state index contributed by atoms with van der Waals surface area (Å²) in [6.07, 6.45) is 1.79. The molecule has 2 rings (SSSR count). The van der Waals surface area contributed by atoms with E-state index >= 15 is 0 Å². The van der Waals surface area contributed by atoms with Gasteiger partial charge in [-0.2, -0.15) is 0 Å². The quantitative estimate of drug-likeness (QED) is 0.659. The fourth-order valence-electron chi connectivity index (χ4n) is 2.19. The van der Waals surface area contributed by atoms with Gasteiger partial charge >= 0.3 is 0 Å². The molecule has 0 aromatic heterocycles. The third-order valence-corrected chi connectivity index (χ3v) is 4.44. The van der Waals surface area contributed by atoms with Gasteiger partial charge in [-0.3, -0.25) is 10.1 Å². The van der Waals surface area contributed by atoms with Gasteiger partial charge < -0.3 is 10.0 Å². The second-order valence-electron chi connectivity index (χ2n) is 4.93. The number of sulfone groups is 1. The van der Waals surface area contributed by atoms with Crippen LogP contribution >= 0.6 is 0 Å². The van der Waals surface area contributed by atoms with Crippen LogP contribution < -0.4 is 4.90 Å². The molecule has 1 aromatic carbocycles. The van der Waals surface area contributed by atoms with Gasteiger partial charge in [0.1, 0.15) is 0 Å². The summed E-state index contributed by atoms with van der Waals surface area (Å²) < 4.78 is 23.2. The molecule has 1 heterocycles. The van der Waals surface area contributed by atoms with Crippen molar-refractivity contribution in [3.8, 4) is 0 Å². The molecule has 0 radical (unpaired) electrons. The lowest BCUT2D eigenvalue weighted by Crippen LogP contribution is -2.35. The van der Waals surface area contributed by atoms with Crippen LogP contribution in [0.1, 0.15) is 12.8 Å². The van der Waals surface area contributed by atoms with Crippen molar-refractivity contribution in [1.82, 2.24) is 0 Å². The number of nitro benzene ring substituents is 1. The van der Waals surface area contributed by atoms with E-state index in [-0.39, 0.29) is 16.7 Å². The summed E-state index contributed by atoms with van der Waals surface area (Å²) in [5, 5.41) is 20.4. The van der Waals surface area contributed by atoms with E-state index in [0.717, 1.165) is 12.3 Å². The second kappa shape index (κ2) is 5.37. The average Bonchev–Trinajstić information content (AvgIpc) is 2.38. The molecule has 0 amide bonds. The SMILES string of the molecule is CS(=O)(=O)c1cc(N2CCC(O)CC2)cc([N+](=O)[O-])c1. The molecule has 0 bridgehead atoms. The van der Waals surface area contributed by atoms with Gasteiger partial charge in [-0.15, -0.1) is 0 Å². The molecule has 1 saturated heterocycles. The number of rotatable bonds is 3. The number of nitrogens with zero attached hydrogens (tertiary/aromatic N) is 2. The molecular formula is C12H16N2O5S. The van der Waals surface area contributed by atoms with Crippen molar-refractivity contribution < 1.29 is 18.4 Å². The number of aliphatic hydroxyl groups is 1. The molecule has 0 saturated carbocycles. The fraction of sp³-hybridized carbons (Fsp3) is 0.500. The number of aliphatic hydroxyl groups excluding tert-OH is 1. The van der Waals surface area contributed by atoms with Crippen molar-refractivity contribution in [2.75, 3.05) is 24.2 Å². The number of anilines is 1. The summed E-state index contributed by atoms with van der Waals surface area (Å²) in [6, 6.07) is 3.88. The number of benzene rings is 1. The van der Waals surface area contributed by atoms with Crippen LogP contribution in [0.3, 0.4) is 0 Å². The first-order valence-corrected chi connectivity index (χ1v) is 8.09. The summed E-state index contributed by atoms with van der Waals surface area (Å²) in [7, 11) is -3.51. The van der Waals surface area contributed by atoms with E-state index in [0.29, 0.717) is 31.6 Å². The monoisotopic (exact) mass is 300 g/mol. The zero-order chi connectivity index (χ0) is 14.9. The average molecular weight is 300 g/mol. The van der Waals surface area contributed by atoms with Gasteiger partial charge in [-0.05, 0) is 18.9 Å². The molecule has 1 aliphatic heterocycles. The molecule has 110 valence electrons. The molecule has 20 heavy (non-hydrogen) atoms. The number of hydrogen-bond donors (Lipinski definition) is 1. The smallest absolute Gasteiger partial charge is 0.272 e. The Bertz CT molecular complexity index is 621. The molecule has 0 aliphatic carbocycles. The molecule has 1 fully saturated rings. The van der Waals surface area contributed by atoms with Crippen molar-refractivity contribution in [3.05, 3.63) is 28.3 Å². The molecule has 1 aromatic rings. The second-order valence-corrected chi connectivity index (χ2v) is 6.95. The third-order valence-electron chi connectivity index (χ3n) is 3.34. The van der Waals surface area contributed by atoms with Crippen LogP contribution in [0.25, 0.3) is 0 Å². The standard InChI is InChI=1S/C12H16N2O5S/c1-20(18,19)12-7-9(6-10(8-12)14(16)17)13-4-2-11(15)3-5-13/h6-8,11,15H,2-5H2,1H3. The Morgan fingerprint density at radius 1 is 1.30 bits per heavy atom. The summed E-state index contributed by atoms with van der Waals surface area (Å²) >= 11 is 0. The molecule has 1 aliphatic rings. The summed E-state index contributed by atoms with van der Waals surface area (Å²) in [5.74, 6) is 0. The van der Waals surface area contributed by atoms with E-state index in [1.807, 2.05) is 4.90 Å². The van der Waals surface area contributed by atoms with E-state index < -0.39 is 14.8 Å². The lowest BCUT2D eigenvalue weighted by atomic mass is 10.1. The van der Waals surface area contributed by atoms with Crippen LogP contribution in [0.15, 0.2) is 23.1 Å². The highest BCUT2D eigenvalue weighted by molar-refractivity contribution is 7.90. The predicted molar refractivity (Wildman–Crippen MR) is 73.7 cm³/mol. The Balaban J connectivity index is 2.42. The highest BCUT2D eigenvalue weighted by Gasteiger charge is 2.22. The van der Waals surface area contributed by atoms with Crippen LogP contribution in [0.4, 0.5) is 11.4 Å². The minimum absolute atomic E-state index is 0.0622. The summed E-state index contributed by atoms with van der Waals surface area (Å²) in [6.45, 7) is 1.09. The van der Waals surface area contributed by atoms with E-state index in [1.54, 1.807) is 0 Å². The molecule has 0 spiro atoms. The molecule has 0 unspecified atom stereocenters. The number of nitro groups is 1. The van der Waals surface area contributed by atoms with E-state index in [4.69, 9.17) is 0 Å². The van der Waals surface area contributed by atoms with E-state index in [1.165, 1.54) is 12.1 Å². The first kappa shape index (κ1) is 14.7. The largest absolute Gasteiger partial charge is 0.393 e. The van der Waals surface area contributed by atoms with Crippen molar-refractivity contribution in [3.63, 3.8) is 0 Å². The highest BCUT2D eigenvalue weighted by Crippen LogP contribution is 2.28. The summed E-state index contributed by atoms with van der Waals surface area (Å²) in [5.41, 5.74) is 0.264. The van der Waals surface area contributed by atoms with Gasteiger partial charge in [0.05, 0.1) is 15.9 Å².